The van der Waals surface area contributed by atoms with E-state index in [0.717, 1.165) is 17.2 Å². The van der Waals surface area contributed by atoms with E-state index in [1.54, 1.807) is 11.3 Å². The third-order valence-corrected chi connectivity index (χ3v) is 5.07. The second-order valence-corrected chi connectivity index (χ2v) is 7.03. The van der Waals surface area contributed by atoms with Gasteiger partial charge in [0.15, 0.2) is 0 Å². The molecular formula is C17H26N2O2S. The summed E-state index contributed by atoms with van der Waals surface area (Å²) in [6.07, 6.45) is 8.62. The Bertz CT molecular complexity index is 453. The molecule has 1 saturated carbocycles. The van der Waals surface area contributed by atoms with Crippen molar-refractivity contribution >= 4 is 23.2 Å². The topological polar surface area (TPSA) is 58.2 Å². The second-order valence-electron chi connectivity index (χ2n) is 6.00. The monoisotopic (exact) mass is 322 g/mol. The van der Waals surface area contributed by atoms with Gasteiger partial charge in [0.2, 0.25) is 11.8 Å². The van der Waals surface area contributed by atoms with E-state index >= 15 is 0 Å². The highest BCUT2D eigenvalue weighted by Crippen LogP contribution is 2.27. The highest BCUT2D eigenvalue weighted by Gasteiger charge is 2.14. The highest BCUT2D eigenvalue weighted by atomic mass is 32.1. The summed E-state index contributed by atoms with van der Waals surface area (Å²) in [5.41, 5.74) is 0. The molecule has 122 valence electrons. The second kappa shape index (κ2) is 9.62. The number of amides is 2. The molecule has 5 heteroatoms. The number of hydrogen-bond acceptors (Lipinski definition) is 3. The number of carbonyl (C=O) groups excluding carboxylic acids is 2. The smallest absolute Gasteiger partial charge is 0.225 e. The predicted octanol–water partition coefficient (Wildman–Crippen LogP) is 2.88. The van der Waals surface area contributed by atoms with E-state index in [0.29, 0.717) is 25.9 Å². The van der Waals surface area contributed by atoms with Crippen molar-refractivity contribution in [3.05, 3.63) is 22.4 Å². The molecule has 0 bridgehead atoms. The third-order valence-electron chi connectivity index (χ3n) is 4.19. The summed E-state index contributed by atoms with van der Waals surface area (Å²) >= 11 is 1.58. The summed E-state index contributed by atoms with van der Waals surface area (Å²) in [5, 5.41) is 7.69. The Kier molecular flexibility index (Phi) is 7.43. The quantitative estimate of drug-likeness (QED) is 0.723. The fourth-order valence-corrected chi connectivity index (χ4v) is 3.64. The average Bonchev–Trinajstić information content (AvgIpc) is 3.03. The molecular weight excluding hydrogens is 296 g/mol. The fourth-order valence-electron chi connectivity index (χ4n) is 2.94. The molecule has 0 unspecified atom stereocenters. The van der Waals surface area contributed by atoms with Crippen LogP contribution in [0.4, 0.5) is 0 Å². The van der Waals surface area contributed by atoms with E-state index in [4.69, 9.17) is 0 Å². The Balaban J connectivity index is 1.48. The van der Waals surface area contributed by atoms with Crippen molar-refractivity contribution in [3.8, 4) is 0 Å². The Hall–Kier alpha value is -1.36. The molecule has 2 N–H and O–H groups in total. The zero-order valence-electron chi connectivity index (χ0n) is 13.1. The molecule has 2 rings (SSSR count). The van der Waals surface area contributed by atoms with Crippen LogP contribution in [0.2, 0.25) is 0 Å². The minimum absolute atomic E-state index is 0.0129. The van der Waals surface area contributed by atoms with E-state index in [9.17, 15) is 9.59 Å². The van der Waals surface area contributed by atoms with Gasteiger partial charge in [-0.1, -0.05) is 38.2 Å². The SMILES string of the molecule is O=C(CCC1CCCCC1)NCCNC(=O)Cc1cccs1. The summed E-state index contributed by atoms with van der Waals surface area (Å²) in [4.78, 5) is 24.5. The molecule has 1 heterocycles. The number of rotatable bonds is 8. The lowest BCUT2D eigenvalue weighted by Gasteiger charge is -2.20. The van der Waals surface area contributed by atoms with E-state index in [1.807, 2.05) is 17.5 Å². The van der Waals surface area contributed by atoms with Gasteiger partial charge >= 0.3 is 0 Å². The lowest BCUT2D eigenvalue weighted by molar-refractivity contribution is -0.122. The molecule has 0 aromatic carbocycles. The summed E-state index contributed by atoms with van der Waals surface area (Å²) in [5.74, 6) is 0.863. The Morgan fingerprint density at radius 1 is 1.09 bits per heavy atom. The van der Waals surface area contributed by atoms with Crippen molar-refractivity contribution < 1.29 is 9.59 Å². The van der Waals surface area contributed by atoms with Crippen molar-refractivity contribution in [1.29, 1.82) is 0 Å². The number of carbonyl (C=O) groups is 2. The van der Waals surface area contributed by atoms with Crippen LogP contribution in [-0.4, -0.2) is 24.9 Å². The van der Waals surface area contributed by atoms with Crippen LogP contribution in [0.1, 0.15) is 49.8 Å². The number of thiophene rings is 1. The first-order valence-corrected chi connectivity index (χ1v) is 9.18. The molecule has 0 spiro atoms. The van der Waals surface area contributed by atoms with Gasteiger partial charge in [0.25, 0.3) is 0 Å². The van der Waals surface area contributed by atoms with Gasteiger partial charge < -0.3 is 10.6 Å². The average molecular weight is 322 g/mol. The number of nitrogens with one attached hydrogen (secondary N) is 2. The van der Waals surface area contributed by atoms with Gasteiger partial charge in [0.05, 0.1) is 6.42 Å². The van der Waals surface area contributed by atoms with Crippen LogP contribution in [0.15, 0.2) is 17.5 Å². The molecule has 0 saturated heterocycles. The molecule has 0 aliphatic heterocycles. The summed E-state index contributed by atoms with van der Waals surface area (Å²) in [6.45, 7) is 1.01. The van der Waals surface area contributed by atoms with Crippen molar-refractivity contribution in [2.75, 3.05) is 13.1 Å². The van der Waals surface area contributed by atoms with Crippen molar-refractivity contribution in [2.24, 2.45) is 5.92 Å². The standard InChI is InChI=1S/C17H26N2O2S/c20-16(9-8-14-5-2-1-3-6-14)18-10-11-19-17(21)13-15-7-4-12-22-15/h4,7,12,14H,1-3,5-6,8-11,13H2,(H,18,20)(H,19,21). The van der Waals surface area contributed by atoms with E-state index in [2.05, 4.69) is 10.6 Å². The van der Waals surface area contributed by atoms with Crippen molar-refractivity contribution in [1.82, 2.24) is 10.6 Å². The Morgan fingerprint density at radius 3 is 2.50 bits per heavy atom. The summed E-state index contributed by atoms with van der Waals surface area (Å²) in [7, 11) is 0. The van der Waals surface area contributed by atoms with E-state index in [-0.39, 0.29) is 11.8 Å². The largest absolute Gasteiger partial charge is 0.354 e. The van der Waals surface area contributed by atoms with Crippen molar-refractivity contribution in [2.45, 2.75) is 51.4 Å². The maximum absolute atomic E-state index is 11.8. The molecule has 1 aromatic heterocycles. The maximum atomic E-state index is 11.8. The summed E-state index contributed by atoms with van der Waals surface area (Å²) in [6, 6.07) is 3.90. The van der Waals surface area contributed by atoms with E-state index in [1.165, 1.54) is 32.1 Å². The van der Waals surface area contributed by atoms with Gasteiger partial charge in [-0.15, -0.1) is 11.3 Å². The van der Waals surface area contributed by atoms with Crippen LogP contribution in [0.25, 0.3) is 0 Å². The molecule has 1 aromatic rings. The molecule has 22 heavy (non-hydrogen) atoms. The van der Waals surface area contributed by atoms with Crippen molar-refractivity contribution in [3.63, 3.8) is 0 Å². The molecule has 0 radical (unpaired) electrons. The molecule has 1 aliphatic carbocycles. The van der Waals surface area contributed by atoms with Crippen LogP contribution < -0.4 is 10.6 Å². The zero-order chi connectivity index (χ0) is 15.6. The van der Waals surface area contributed by atoms with E-state index < -0.39 is 0 Å². The molecule has 1 fully saturated rings. The molecule has 0 atom stereocenters. The van der Waals surface area contributed by atoms with Gasteiger partial charge in [0, 0.05) is 24.4 Å². The minimum Gasteiger partial charge on any atom is -0.354 e. The molecule has 2 amide bonds. The number of hydrogen-bond donors (Lipinski definition) is 2. The Labute approximate surface area is 136 Å². The van der Waals surface area contributed by atoms with Gasteiger partial charge in [-0.25, -0.2) is 0 Å². The summed E-state index contributed by atoms with van der Waals surface area (Å²) < 4.78 is 0. The first kappa shape index (κ1) is 17.0. The molecule has 1 aliphatic rings. The van der Waals surface area contributed by atoms with Crippen LogP contribution in [0.3, 0.4) is 0 Å². The van der Waals surface area contributed by atoms with Gasteiger partial charge in [-0.3, -0.25) is 9.59 Å². The first-order valence-electron chi connectivity index (χ1n) is 8.30. The predicted molar refractivity (Wildman–Crippen MR) is 89.9 cm³/mol. The highest BCUT2D eigenvalue weighted by molar-refractivity contribution is 7.10. The zero-order valence-corrected chi connectivity index (χ0v) is 13.9. The maximum Gasteiger partial charge on any atom is 0.225 e. The van der Waals surface area contributed by atoms with Crippen LogP contribution in [-0.2, 0) is 16.0 Å². The normalized spacial score (nSPS) is 15.5. The lowest BCUT2D eigenvalue weighted by atomic mass is 9.86. The third kappa shape index (κ3) is 6.60. The van der Waals surface area contributed by atoms with Gasteiger partial charge in [-0.2, -0.15) is 0 Å². The Morgan fingerprint density at radius 2 is 1.82 bits per heavy atom. The first-order chi connectivity index (χ1) is 10.7. The molecule has 4 nitrogen and oxygen atoms in total. The lowest BCUT2D eigenvalue weighted by Crippen LogP contribution is -2.35. The van der Waals surface area contributed by atoms with Crippen LogP contribution in [0.5, 0.6) is 0 Å². The fraction of sp³-hybridized carbons (Fsp3) is 0.647. The van der Waals surface area contributed by atoms with Crippen LogP contribution in [0, 0.1) is 5.92 Å². The van der Waals surface area contributed by atoms with Gasteiger partial charge in [0.1, 0.15) is 0 Å². The van der Waals surface area contributed by atoms with Gasteiger partial charge in [-0.05, 0) is 23.8 Å². The minimum atomic E-state index is 0.0129. The van der Waals surface area contributed by atoms with Crippen LogP contribution >= 0.6 is 11.3 Å².